The van der Waals surface area contributed by atoms with Crippen molar-refractivity contribution in [1.29, 1.82) is 0 Å². The number of carbonyl (C=O) groups is 2. The van der Waals surface area contributed by atoms with Crippen molar-refractivity contribution in [2.75, 3.05) is 19.8 Å². The van der Waals surface area contributed by atoms with E-state index in [-0.39, 0.29) is 6.42 Å². The van der Waals surface area contributed by atoms with Gasteiger partial charge in [0.15, 0.2) is 0 Å². The van der Waals surface area contributed by atoms with Crippen molar-refractivity contribution in [3.05, 3.63) is 12.7 Å². The van der Waals surface area contributed by atoms with Crippen LogP contribution in [-0.2, 0) is 9.53 Å². The molecule has 3 N–H and O–H groups in total. The Labute approximate surface area is 106 Å². The molecule has 102 valence electrons. The molecule has 2 atom stereocenters. The van der Waals surface area contributed by atoms with Crippen LogP contribution in [0.25, 0.3) is 0 Å². The number of hydrogen-bond donors (Lipinski definition) is 3. The number of nitrogens with one attached hydrogen (secondary N) is 2. The van der Waals surface area contributed by atoms with Crippen LogP contribution in [0.4, 0.5) is 4.79 Å². The van der Waals surface area contributed by atoms with Crippen LogP contribution in [0.1, 0.15) is 19.3 Å². The summed E-state index contributed by atoms with van der Waals surface area (Å²) >= 11 is 0. The first-order valence-electron chi connectivity index (χ1n) is 6.09. The Hall–Kier alpha value is -1.56. The fourth-order valence-electron chi connectivity index (χ4n) is 1.80. The lowest BCUT2D eigenvalue weighted by atomic mass is 10.1. The molecule has 0 aromatic heterocycles. The number of carbonyl (C=O) groups excluding carboxylic acids is 1. The Morgan fingerprint density at radius 1 is 1.56 bits per heavy atom. The topological polar surface area (TPSA) is 87.7 Å². The van der Waals surface area contributed by atoms with Gasteiger partial charge in [-0.2, -0.15) is 0 Å². The molecule has 0 aliphatic carbocycles. The molecule has 6 nitrogen and oxygen atoms in total. The molecule has 1 aliphatic heterocycles. The molecule has 0 aromatic carbocycles. The van der Waals surface area contributed by atoms with E-state index < -0.39 is 18.0 Å². The predicted octanol–water partition coefficient (Wildman–Crippen LogP) is 0.742. The maximum Gasteiger partial charge on any atom is 0.326 e. The Morgan fingerprint density at radius 3 is 2.89 bits per heavy atom. The minimum absolute atomic E-state index is 0.208. The molecular weight excluding hydrogens is 236 g/mol. The molecule has 0 radical (unpaired) electrons. The van der Waals surface area contributed by atoms with Gasteiger partial charge in [-0.25, -0.2) is 9.59 Å². The van der Waals surface area contributed by atoms with E-state index in [0.29, 0.717) is 12.5 Å². The molecule has 1 rings (SSSR count). The number of carboxylic acid groups (broad SMARTS) is 1. The second-order valence-electron chi connectivity index (χ2n) is 4.33. The molecule has 0 aromatic rings. The van der Waals surface area contributed by atoms with Crippen LogP contribution in [0.5, 0.6) is 0 Å². The SMILES string of the molecule is C=CCC(NC(=O)NCCC1CCOC1)C(=O)O. The van der Waals surface area contributed by atoms with E-state index in [1.807, 2.05) is 0 Å². The van der Waals surface area contributed by atoms with Gasteiger partial charge in [-0.3, -0.25) is 0 Å². The van der Waals surface area contributed by atoms with Crippen LogP contribution in [-0.4, -0.2) is 42.9 Å². The summed E-state index contributed by atoms with van der Waals surface area (Å²) in [4.78, 5) is 22.3. The van der Waals surface area contributed by atoms with Gasteiger partial charge < -0.3 is 20.5 Å². The van der Waals surface area contributed by atoms with E-state index >= 15 is 0 Å². The van der Waals surface area contributed by atoms with E-state index in [2.05, 4.69) is 17.2 Å². The van der Waals surface area contributed by atoms with Gasteiger partial charge in [-0.05, 0) is 25.2 Å². The second kappa shape index (κ2) is 7.71. The molecular formula is C12H20N2O4. The molecule has 0 saturated carbocycles. The van der Waals surface area contributed by atoms with E-state index in [1.165, 1.54) is 6.08 Å². The summed E-state index contributed by atoms with van der Waals surface area (Å²) in [6.07, 6.45) is 3.55. The van der Waals surface area contributed by atoms with Gasteiger partial charge in [0.2, 0.25) is 0 Å². The molecule has 0 bridgehead atoms. The van der Waals surface area contributed by atoms with Crippen molar-refractivity contribution in [2.45, 2.75) is 25.3 Å². The summed E-state index contributed by atoms with van der Waals surface area (Å²) in [5, 5.41) is 13.9. The van der Waals surface area contributed by atoms with Gasteiger partial charge in [-0.1, -0.05) is 6.08 Å². The highest BCUT2D eigenvalue weighted by atomic mass is 16.5. The Balaban J connectivity index is 2.18. The van der Waals surface area contributed by atoms with Crippen molar-refractivity contribution in [3.8, 4) is 0 Å². The summed E-state index contributed by atoms with van der Waals surface area (Å²) < 4.78 is 5.23. The van der Waals surface area contributed by atoms with E-state index in [1.54, 1.807) is 0 Å². The summed E-state index contributed by atoms with van der Waals surface area (Å²) in [5.41, 5.74) is 0. The summed E-state index contributed by atoms with van der Waals surface area (Å²) in [6, 6.07) is -1.37. The number of ether oxygens (including phenoxy) is 1. The van der Waals surface area contributed by atoms with Gasteiger partial charge in [0.1, 0.15) is 6.04 Å². The fourth-order valence-corrected chi connectivity index (χ4v) is 1.80. The molecule has 1 saturated heterocycles. The lowest BCUT2D eigenvalue weighted by Gasteiger charge is -2.14. The smallest absolute Gasteiger partial charge is 0.326 e. The van der Waals surface area contributed by atoms with Crippen LogP contribution in [0.3, 0.4) is 0 Å². The van der Waals surface area contributed by atoms with E-state index in [9.17, 15) is 9.59 Å². The third-order valence-electron chi connectivity index (χ3n) is 2.87. The molecule has 1 aliphatic rings. The Bertz CT molecular complexity index is 300. The van der Waals surface area contributed by atoms with Crippen LogP contribution in [0.15, 0.2) is 12.7 Å². The third-order valence-corrected chi connectivity index (χ3v) is 2.87. The normalized spacial score (nSPS) is 20.1. The van der Waals surface area contributed by atoms with Crippen LogP contribution >= 0.6 is 0 Å². The van der Waals surface area contributed by atoms with Crippen molar-refractivity contribution < 1.29 is 19.4 Å². The number of amides is 2. The molecule has 1 fully saturated rings. The zero-order valence-corrected chi connectivity index (χ0v) is 10.4. The average Bonchev–Trinajstić information content (AvgIpc) is 2.81. The molecule has 18 heavy (non-hydrogen) atoms. The molecule has 6 heteroatoms. The Kier molecular flexibility index (Phi) is 6.21. The number of urea groups is 1. The molecule has 1 heterocycles. The van der Waals surface area contributed by atoms with Crippen molar-refractivity contribution in [3.63, 3.8) is 0 Å². The number of rotatable bonds is 7. The van der Waals surface area contributed by atoms with Crippen LogP contribution in [0.2, 0.25) is 0 Å². The minimum Gasteiger partial charge on any atom is -0.480 e. The highest BCUT2D eigenvalue weighted by molar-refractivity contribution is 5.82. The van der Waals surface area contributed by atoms with Gasteiger partial charge in [0.05, 0.1) is 0 Å². The first-order valence-corrected chi connectivity index (χ1v) is 6.09. The van der Waals surface area contributed by atoms with Crippen molar-refractivity contribution in [2.24, 2.45) is 5.92 Å². The fraction of sp³-hybridized carbons (Fsp3) is 0.667. The highest BCUT2D eigenvalue weighted by Gasteiger charge is 2.19. The number of hydrogen-bond acceptors (Lipinski definition) is 3. The number of aliphatic carboxylic acids is 1. The minimum atomic E-state index is -1.06. The molecule has 2 amide bonds. The summed E-state index contributed by atoms with van der Waals surface area (Å²) in [6.45, 7) is 5.52. The first kappa shape index (κ1) is 14.5. The zero-order valence-electron chi connectivity index (χ0n) is 10.4. The van der Waals surface area contributed by atoms with Gasteiger partial charge in [-0.15, -0.1) is 6.58 Å². The standard InChI is InChI=1S/C12H20N2O4/c1-2-3-10(11(15)16)14-12(17)13-6-4-9-5-7-18-8-9/h2,9-10H,1,3-8H2,(H,15,16)(H2,13,14,17). The van der Waals surface area contributed by atoms with Crippen LogP contribution < -0.4 is 10.6 Å². The van der Waals surface area contributed by atoms with Crippen molar-refractivity contribution in [1.82, 2.24) is 10.6 Å². The molecule has 0 spiro atoms. The summed E-state index contributed by atoms with van der Waals surface area (Å²) in [7, 11) is 0. The Morgan fingerprint density at radius 2 is 2.33 bits per heavy atom. The van der Waals surface area contributed by atoms with E-state index in [4.69, 9.17) is 9.84 Å². The van der Waals surface area contributed by atoms with Crippen LogP contribution in [0, 0.1) is 5.92 Å². The second-order valence-corrected chi connectivity index (χ2v) is 4.33. The lowest BCUT2D eigenvalue weighted by molar-refractivity contribution is -0.139. The average molecular weight is 256 g/mol. The summed E-state index contributed by atoms with van der Waals surface area (Å²) in [5.74, 6) is -0.567. The largest absolute Gasteiger partial charge is 0.480 e. The zero-order chi connectivity index (χ0) is 13.4. The van der Waals surface area contributed by atoms with Gasteiger partial charge in [0.25, 0.3) is 0 Å². The third kappa shape index (κ3) is 5.18. The van der Waals surface area contributed by atoms with E-state index in [0.717, 1.165) is 26.1 Å². The van der Waals surface area contributed by atoms with Gasteiger partial charge >= 0.3 is 12.0 Å². The first-order chi connectivity index (χ1) is 8.63. The predicted molar refractivity (Wildman–Crippen MR) is 66.3 cm³/mol. The van der Waals surface area contributed by atoms with Gasteiger partial charge in [0, 0.05) is 19.8 Å². The highest BCUT2D eigenvalue weighted by Crippen LogP contribution is 2.14. The maximum atomic E-state index is 11.5. The quantitative estimate of drug-likeness (QED) is 0.586. The maximum absolute atomic E-state index is 11.5. The number of carboxylic acids is 1. The monoisotopic (exact) mass is 256 g/mol. The van der Waals surface area contributed by atoms with Crippen molar-refractivity contribution >= 4 is 12.0 Å². The molecule has 2 unspecified atom stereocenters. The lowest BCUT2D eigenvalue weighted by Crippen LogP contribution is -2.46.